The fourth-order valence-electron chi connectivity index (χ4n) is 3.17. The van der Waals surface area contributed by atoms with E-state index >= 15 is 0 Å². The van der Waals surface area contributed by atoms with E-state index in [1.165, 1.54) is 10.9 Å². The molecule has 0 saturated carbocycles. The normalized spacial score (nSPS) is 21.2. The van der Waals surface area contributed by atoms with E-state index in [-0.39, 0.29) is 34.8 Å². The molecule has 128 valence electrons. The Morgan fingerprint density at radius 3 is 2.71 bits per heavy atom. The number of hydrogen-bond donors (Lipinski definition) is 0. The summed E-state index contributed by atoms with van der Waals surface area (Å²) in [6, 6.07) is 0. The third-order valence-electron chi connectivity index (χ3n) is 4.10. The molecule has 0 bridgehead atoms. The second-order valence-corrected chi connectivity index (χ2v) is 6.17. The summed E-state index contributed by atoms with van der Waals surface area (Å²) in [6.45, 7) is 10.5. The van der Waals surface area contributed by atoms with Gasteiger partial charge >= 0.3 is 0 Å². The van der Waals surface area contributed by atoms with E-state index in [0.29, 0.717) is 31.0 Å². The van der Waals surface area contributed by atoms with Crippen molar-refractivity contribution in [2.24, 2.45) is 0 Å². The average Bonchev–Trinajstić information content (AvgIpc) is 2.85. The van der Waals surface area contributed by atoms with E-state index in [1.54, 1.807) is 17.9 Å². The number of ether oxygens (including phenoxy) is 1. The van der Waals surface area contributed by atoms with Crippen LogP contribution < -0.4 is 5.56 Å². The summed E-state index contributed by atoms with van der Waals surface area (Å²) in [7, 11) is 0. The van der Waals surface area contributed by atoms with Crippen molar-refractivity contribution in [2.75, 3.05) is 13.1 Å². The molecule has 7 heteroatoms. The van der Waals surface area contributed by atoms with Gasteiger partial charge in [0.1, 0.15) is 17.5 Å². The maximum absolute atomic E-state index is 13.0. The van der Waals surface area contributed by atoms with Crippen LogP contribution in [0.15, 0.2) is 28.2 Å². The molecule has 1 fully saturated rings. The molecule has 0 N–H and O–H groups in total. The predicted molar refractivity (Wildman–Crippen MR) is 89.1 cm³/mol. The summed E-state index contributed by atoms with van der Waals surface area (Å²) in [5.74, 6) is 0.186. The van der Waals surface area contributed by atoms with E-state index in [1.807, 2.05) is 13.8 Å². The molecule has 0 aliphatic carbocycles. The van der Waals surface area contributed by atoms with Gasteiger partial charge in [0.05, 0.1) is 17.8 Å². The highest BCUT2D eigenvalue weighted by molar-refractivity contribution is 6.06. The van der Waals surface area contributed by atoms with E-state index in [0.717, 1.165) is 0 Å². The summed E-state index contributed by atoms with van der Waals surface area (Å²) in [4.78, 5) is 31.6. The fraction of sp³-hybridized carbons (Fsp3) is 0.471. The first kappa shape index (κ1) is 16.4. The van der Waals surface area contributed by atoms with Crippen LogP contribution in [0.2, 0.25) is 0 Å². The second-order valence-electron chi connectivity index (χ2n) is 6.17. The Hall–Kier alpha value is -2.41. The smallest absolute Gasteiger partial charge is 0.265 e. The van der Waals surface area contributed by atoms with Crippen LogP contribution in [0.1, 0.15) is 30.0 Å². The van der Waals surface area contributed by atoms with Gasteiger partial charge in [-0.2, -0.15) is 0 Å². The lowest BCUT2D eigenvalue weighted by atomic mass is 10.1. The minimum atomic E-state index is -0.297. The average molecular weight is 331 g/mol. The summed E-state index contributed by atoms with van der Waals surface area (Å²) in [5, 5.41) is 0.230. The van der Waals surface area contributed by atoms with Gasteiger partial charge in [-0.25, -0.2) is 4.98 Å². The van der Waals surface area contributed by atoms with Gasteiger partial charge in [-0.1, -0.05) is 6.08 Å². The highest BCUT2D eigenvalue weighted by Crippen LogP contribution is 2.24. The number of aryl methyl sites for hydroxylation is 1. The monoisotopic (exact) mass is 331 g/mol. The van der Waals surface area contributed by atoms with Gasteiger partial charge in [-0.15, -0.1) is 6.58 Å². The van der Waals surface area contributed by atoms with Gasteiger partial charge < -0.3 is 14.1 Å². The van der Waals surface area contributed by atoms with Crippen LogP contribution in [0.5, 0.6) is 0 Å². The first-order chi connectivity index (χ1) is 11.4. The zero-order chi connectivity index (χ0) is 17.4. The molecule has 1 aliphatic heterocycles. The highest BCUT2D eigenvalue weighted by atomic mass is 16.5. The maximum Gasteiger partial charge on any atom is 0.265 e. The zero-order valence-corrected chi connectivity index (χ0v) is 14.1. The molecule has 24 heavy (non-hydrogen) atoms. The predicted octanol–water partition coefficient (Wildman–Crippen LogP) is 1.73. The van der Waals surface area contributed by atoms with E-state index < -0.39 is 0 Å². The summed E-state index contributed by atoms with van der Waals surface area (Å²) < 4.78 is 12.6. The maximum atomic E-state index is 13.0. The van der Waals surface area contributed by atoms with Crippen LogP contribution in [0.25, 0.3) is 11.1 Å². The van der Waals surface area contributed by atoms with E-state index in [4.69, 9.17) is 9.15 Å². The molecular formula is C17H21N3O4. The third-order valence-corrected chi connectivity index (χ3v) is 4.10. The number of carbonyl (C=O) groups excluding carboxylic acids is 1. The minimum Gasteiger partial charge on any atom is -0.442 e. The Kier molecular flexibility index (Phi) is 4.28. The van der Waals surface area contributed by atoms with E-state index in [2.05, 4.69) is 11.6 Å². The Bertz CT molecular complexity index is 841. The van der Waals surface area contributed by atoms with Gasteiger partial charge in [0, 0.05) is 19.6 Å². The SMILES string of the molecule is C=CCn1cnc2oc(C)c(C(=O)N3CC(C)OC(C)C3)c2c1=O. The van der Waals surface area contributed by atoms with Gasteiger partial charge in [0.25, 0.3) is 11.5 Å². The standard InChI is InChI=1S/C17H21N3O4/c1-5-6-19-9-18-15-14(17(19)22)13(12(4)24-15)16(21)20-7-10(2)23-11(3)8-20/h5,9-11H,1,6-8H2,2-4H3. The largest absolute Gasteiger partial charge is 0.442 e. The summed E-state index contributed by atoms with van der Waals surface area (Å²) >= 11 is 0. The highest BCUT2D eigenvalue weighted by Gasteiger charge is 2.31. The van der Waals surface area contributed by atoms with Crippen molar-refractivity contribution in [3.05, 3.63) is 40.7 Å². The molecule has 1 aliphatic rings. The Morgan fingerprint density at radius 1 is 1.42 bits per heavy atom. The van der Waals surface area contributed by atoms with Gasteiger partial charge in [0.15, 0.2) is 0 Å². The lowest BCUT2D eigenvalue weighted by molar-refractivity contribution is -0.0586. The molecule has 1 amide bonds. The van der Waals surface area contributed by atoms with Gasteiger partial charge in [0.2, 0.25) is 5.71 Å². The number of allylic oxidation sites excluding steroid dienone is 1. The van der Waals surface area contributed by atoms with Crippen LogP contribution >= 0.6 is 0 Å². The second kappa shape index (κ2) is 6.24. The molecule has 2 atom stereocenters. The van der Waals surface area contributed by atoms with Crippen LogP contribution in [0.3, 0.4) is 0 Å². The number of aromatic nitrogens is 2. The Balaban J connectivity index is 2.09. The number of morpholine rings is 1. The molecule has 2 unspecified atom stereocenters. The van der Waals surface area contributed by atoms with Crippen LogP contribution in [-0.2, 0) is 11.3 Å². The van der Waals surface area contributed by atoms with Crippen molar-refractivity contribution in [3.8, 4) is 0 Å². The zero-order valence-electron chi connectivity index (χ0n) is 14.1. The third kappa shape index (κ3) is 2.75. The molecule has 2 aromatic heterocycles. The number of carbonyl (C=O) groups is 1. The summed E-state index contributed by atoms with van der Waals surface area (Å²) in [5.41, 5.74) is 0.187. The molecular weight excluding hydrogens is 310 g/mol. The number of amides is 1. The number of fused-ring (bicyclic) bond motifs is 1. The van der Waals surface area contributed by atoms with Gasteiger partial charge in [-0.3, -0.25) is 14.2 Å². The van der Waals surface area contributed by atoms with Crippen molar-refractivity contribution in [1.82, 2.24) is 14.5 Å². The quantitative estimate of drug-likeness (QED) is 0.801. The van der Waals surface area contributed by atoms with Crippen LogP contribution in [0.4, 0.5) is 0 Å². The molecule has 3 heterocycles. The molecule has 3 rings (SSSR count). The fourth-order valence-corrected chi connectivity index (χ4v) is 3.17. The number of nitrogens with zero attached hydrogens (tertiary/aromatic N) is 3. The molecule has 0 radical (unpaired) electrons. The molecule has 0 aromatic carbocycles. The number of furan rings is 1. The van der Waals surface area contributed by atoms with Crippen molar-refractivity contribution >= 4 is 17.0 Å². The van der Waals surface area contributed by atoms with Gasteiger partial charge in [-0.05, 0) is 20.8 Å². The lowest BCUT2D eigenvalue weighted by Crippen LogP contribution is -2.48. The summed E-state index contributed by atoms with van der Waals surface area (Å²) in [6.07, 6.45) is 2.91. The number of hydrogen-bond acceptors (Lipinski definition) is 5. The van der Waals surface area contributed by atoms with E-state index in [9.17, 15) is 9.59 Å². The topological polar surface area (TPSA) is 77.6 Å². The van der Waals surface area contributed by atoms with Crippen molar-refractivity contribution < 1.29 is 13.9 Å². The van der Waals surface area contributed by atoms with Crippen LogP contribution in [0, 0.1) is 6.92 Å². The Morgan fingerprint density at radius 2 is 2.08 bits per heavy atom. The Labute approximate surface area is 139 Å². The molecule has 1 saturated heterocycles. The molecule has 2 aromatic rings. The lowest BCUT2D eigenvalue weighted by Gasteiger charge is -2.35. The number of rotatable bonds is 3. The van der Waals surface area contributed by atoms with Crippen molar-refractivity contribution in [2.45, 2.75) is 39.5 Å². The van der Waals surface area contributed by atoms with Crippen molar-refractivity contribution in [1.29, 1.82) is 0 Å². The molecule has 0 spiro atoms. The molecule has 7 nitrogen and oxygen atoms in total. The first-order valence-corrected chi connectivity index (χ1v) is 7.96. The first-order valence-electron chi connectivity index (χ1n) is 7.96. The minimum absolute atomic E-state index is 0.0493. The van der Waals surface area contributed by atoms with Crippen LogP contribution in [-0.4, -0.2) is 45.7 Å². The van der Waals surface area contributed by atoms with Crippen molar-refractivity contribution in [3.63, 3.8) is 0 Å².